The highest BCUT2D eigenvalue weighted by Gasteiger charge is 2.20. The summed E-state index contributed by atoms with van der Waals surface area (Å²) in [4.78, 5) is 14.5. The second kappa shape index (κ2) is 6.40. The molecule has 0 atom stereocenters. The third kappa shape index (κ3) is 3.36. The maximum atomic E-state index is 12.6. The largest absolute Gasteiger partial charge is 0.339 e. The second-order valence-electron chi connectivity index (χ2n) is 4.91. The van der Waals surface area contributed by atoms with E-state index in [-0.39, 0.29) is 5.91 Å². The van der Waals surface area contributed by atoms with Crippen LogP contribution in [-0.4, -0.2) is 30.4 Å². The number of amides is 1. The van der Waals surface area contributed by atoms with Gasteiger partial charge < -0.3 is 10.6 Å². The summed E-state index contributed by atoms with van der Waals surface area (Å²) in [6.45, 7) is 4.02. The van der Waals surface area contributed by atoms with Crippen LogP contribution >= 0.6 is 0 Å². The molecule has 0 bridgehead atoms. The van der Waals surface area contributed by atoms with Crippen molar-refractivity contribution in [2.24, 2.45) is 5.73 Å². The Hall–Kier alpha value is -1.79. The number of benzene rings is 1. The van der Waals surface area contributed by atoms with Crippen molar-refractivity contribution in [2.45, 2.75) is 26.2 Å². The van der Waals surface area contributed by atoms with E-state index in [1.54, 1.807) is 0 Å². The lowest BCUT2D eigenvalue weighted by molar-refractivity contribution is 0.0724. The molecule has 1 amide bonds. The van der Waals surface area contributed by atoms with E-state index in [0.29, 0.717) is 12.1 Å². The molecule has 0 spiro atoms. The van der Waals surface area contributed by atoms with Crippen LogP contribution < -0.4 is 5.73 Å². The Labute approximate surface area is 114 Å². The van der Waals surface area contributed by atoms with Crippen LogP contribution in [0, 0.1) is 18.8 Å². The molecule has 1 aliphatic heterocycles. The van der Waals surface area contributed by atoms with Gasteiger partial charge in [0.25, 0.3) is 5.91 Å². The minimum absolute atomic E-state index is 0.102. The van der Waals surface area contributed by atoms with Crippen LogP contribution in [-0.2, 0) is 0 Å². The summed E-state index contributed by atoms with van der Waals surface area (Å²) >= 11 is 0. The minimum atomic E-state index is 0.102. The Bertz CT molecular complexity index is 519. The normalized spacial score (nSPS) is 14.7. The molecule has 0 saturated carbocycles. The number of rotatable bonds is 1. The molecule has 1 aliphatic rings. The van der Waals surface area contributed by atoms with Gasteiger partial charge in [0, 0.05) is 18.7 Å². The van der Waals surface area contributed by atoms with E-state index in [9.17, 15) is 4.79 Å². The molecule has 2 rings (SSSR count). The van der Waals surface area contributed by atoms with Gasteiger partial charge in [-0.25, -0.2) is 0 Å². The van der Waals surface area contributed by atoms with Crippen molar-refractivity contribution in [1.82, 2.24) is 4.90 Å². The van der Waals surface area contributed by atoms with Crippen molar-refractivity contribution in [3.8, 4) is 11.8 Å². The summed E-state index contributed by atoms with van der Waals surface area (Å²) < 4.78 is 0. The van der Waals surface area contributed by atoms with Gasteiger partial charge in [-0.15, -0.1) is 0 Å². The Balaban J connectivity index is 2.30. The Morgan fingerprint density at radius 2 is 2.05 bits per heavy atom. The summed E-state index contributed by atoms with van der Waals surface area (Å²) in [5.74, 6) is 5.93. The lowest BCUT2D eigenvalue weighted by Crippen LogP contribution is -2.36. The van der Waals surface area contributed by atoms with Gasteiger partial charge in [0.15, 0.2) is 0 Å². The number of hydrogen-bond acceptors (Lipinski definition) is 2. The highest BCUT2D eigenvalue weighted by molar-refractivity contribution is 5.97. The van der Waals surface area contributed by atoms with Crippen LogP contribution in [0.15, 0.2) is 18.2 Å². The van der Waals surface area contributed by atoms with Gasteiger partial charge in [-0.1, -0.05) is 23.5 Å². The van der Waals surface area contributed by atoms with Gasteiger partial charge >= 0.3 is 0 Å². The minimum Gasteiger partial charge on any atom is -0.339 e. The molecule has 1 saturated heterocycles. The summed E-state index contributed by atoms with van der Waals surface area (Å²) in [7, 11) is 0. The molecule has 1 aromatic carbocycles. The smallest absolute Gasteiger partial charge is 0.255 e. The molecule has 0 radical (unpaired) electrons. The lowest BCUT2D eigenvalue weighted by atomic mass is 10.0. The van der Waals surface area contributed by atoms with Crippen molar-refractivity contribution >= 4 is 5.91 Å². The first-order valence-corrected chi connectivity index (χ1v) is 6.81. The molecular weight excluding hydrogens is 236 g/mol. The lowest BCUT2D eigenvalue weighted by Gasteiger charge is -2.27. The number of likely N-dealkylation sites (tertiary alicyclic amines) is 1. The third-order valence-electron chi connectivity index (χ3n) is 3.37. The summed E-state index contributed by atoms with van der Waals surface area (Å²) in [6, 6.07) is 5.82. The molecule has 1 fully saturated rings. The van der Waals surface area contributed by atoms with Gasteiger partial charge in [0.05, 0.1) is 12.1 Å². The number of carbonyl (C=O) groups is 1. The first-order valence-electron chi connectivity index (χ1n) is 6.81. The fourth-order valence-corrected chi connectivity index (χ4v) is 2.36. The van der Waals surface area contributed by atoms with E-state index < -0.39 is 0 Å². The average molecular weight is 256 g/mol. The maximum Gasteiger partial charge on any atom is 0.255 e. The van der Waals surface area contributed by atoms with Crippen LogP contribution in [0.5, 0.6) is 0 Å². The second-order valence-corrected chi connectivity index (χ2v) is 4.91. The fraction of sp³-hybridized carbons (Fsp3) is 0.438. The molecule has 19 heavy (non-hydrogen) atoms. The Morgan fingerprint density at radius 1 is 1.32 bits per heavy atom. The van der Waals surface area contributed by atoms with Gasteiger partial charge in [-0.3, -0.25) is 4.79 Å². The molecule has 100 valence electrons. The van der Waals surface area contributed by atoms with E-state index in [0.717, 1.165) is 37.1 Å². The molecule has 2 N–H and O–H groups in total. The van der Waals surface area contributed by atoms with Gasteiger partial charge in [0.1, 0.15) is 0 Å². The number of piperidine rings is 1. The maximum absolute atomic E-state index is 12.6. The zero-order valence-corrected chi connectivity index (χ0v) is 11.4. The predicted octanol–water partition coefficient (Wildman–Crippen LogP) is 1.93. The third-order valence-corrected chi connectivity index (χ3v) is 3.37. The molecule has 3 heteroatoms. The topological polar surface area (TPSA) is 46.3 Å². The highest BCUT2D eigenvalue weighted by atomic mass is 16.2. The summed E-state index contributed by atoms with van der Waals surface area (Å²) in [6.07, 6.45) is 3.42. The predicted molar refractivity (Wildman–Crippen MR) is 76.9 cm³/mol. The standard InChI is InChI=1S/C16H20N2O/c1-13-7-8-14(6-5-9-17)15(12-13)16(19)18-10-3-2-4-11-18/h7-8,12H,2-4,9-11,17H2,1H3. The zero-order valence-electron chi connectivity index (χ0n) is 11.4. The molecule has 3 nitrogen and oxygen atoms in total. The number of nitrogens with zero attached hydrogens (tertiary/aromatic N) is 1. The average Bonchev–Trinajstić information content (AvgIpc) is 2.46. The first-order chi connectivity index (χ1) is 9.22. The highest BCUT2D eigenvalue weighted by Crippen LogP contribution is 2.17. The molecule has 1 heterocycles. The van der Waals surface area contributed by atoms with E-state index in [1.165, 1.54) is 6.42 Å². The van der Waals surface area contributed by atoms with Gasteiger partial charge in [-0.2, -0.15) is 0 Å². The molecule has 1 aromatic rings. The van der Waals surface area contributed by atoms with Crippen molar-refractivity contribution in [1.29, 1.82) is 0 Å². The van der Waals surface area contributed by atoms with E-state index in [1.807, 2.05) is 30.0 Å². The van der Waals surface area contributed by atoms with Crippen molar-refractivity contribution < 1.29 is 4.79 Å². The van der Waals surface area contributed by atoms with Crippen LogP contribution in [0.3, 0.4) is 0 Å². The quantitative estimate of drug-likeness (QED) is 0.780. The molecular formula is C16H20N2O. The zero-order chi connectivity index (χ0) is 13.7. The first kappa shape index (κ1) is 13.6. The van der Waals surface area contributed by atoms with Crippen molar-refractivity contribution in [3.63, 3.8) is 0 Å². The Morgan fingerprint density at radius 3 is 2.74 bits per heavy atom. The van der Waals surface area contributed by atoms with E-state index in [4.69, 9.17) is 5.73 Å². The summed E-state index contributed by atoms with van der Waals surface area (Å²) in [5.41, 5.74) is 7.98. The molecule has 0 unspecified atom stereocenters. The van der Waals surface area contributed by atoms with Crippen LogP contribution in [0.25, 0.3) is 0 Å². The number of aryl methyl sites for hydroxylation is 1. The van der Waals surface area contributed by atoms with Crippen LogP contribution in [0.1, 0.15) is 40.7 Å². The number of carbonyl (C=O) groups excluding carboxylic acids is 1. The summed E-state index contributed by atoms with van der Waals surface area (Å²) in [5, 5.41) is 0. The fourth-order valence-electron chi connectivity index (χ4n) is 2.36. The number of nitrogens with two attached hydrogens (primary N) is 1. The molecule has 0 aliphatic carbocycles. The van der Waals surface area contributed by atoms with Crippen LogP contribution in [0.2, 0.25) is 0 Å². The SMILES string of the molecule is Cc1ccc(C#CCN)c(C(=O)N2CCCCC2)c1. The van der Waals surface area contributed by atoms with Crippen molar-refractivity contribution in [3.05, 3.63) is 34.9 Å². The van der Waals surface area contributed by atoms with Crippen LogP contribution in [0.4, 0.5) is 0 Å². The van der Waals surface area contributed by atoms with Gasteiger partial charge in [-0.05, 0) is 38.3 Å². The number of hydrogen-bond donors (Lipinski definition) is 1. The van der Waals surface area contributed by atoms with E-state index in [2.05, 4.69) is 11.8 Å². The van der Waals surface area contributed by atoms with Gasteiger partial charge in [0.2, 0.25) is 0 Å². The Kier molecular flexibility index (Phi) is 4.59. The molecule has 0 aromatic heterocycles. The van der Waals surface area contributed by atoms with Crippen molar-refractivity contribution in [2.75, 3.05) is 19.6 Å². The monoisotopic (exact) mass is 256 g/mol. The van der Waals surface area contributed by atoms with E-state index >= 15 is 0 Å².